The van der Waals surface area contributed by atoms with E-state index in [0.29, 0.717) is 55.5 Å². The minimum absolute atomic E-state index is 0.158. The summed E-state index contributed by atoms with van der Waals surface area (Å²) >= 11 is 1.28. The number of hydrogen-bond acceptors (Lipinski definition) is 8. The lowest BCUT2D eigenvalue weighted by molar-refractivity contribution is -0.148. The van der Waals surface area contributed by atoms with Crippen molar-refractivity contribution in [2.45, 2.75) is 44.6 Å². The van der Waals surface area contributed by atoms with Gasteiger partial charge in [-0.1, -0.05) is 12.1 Å². The highest BCUT2D eigenvalue weighted by Crippen LogP contribution is 2.42. The third-order valence-electron chi connectivity index (χ3n) is 8.35. The molecule has 0 radical (unpaired) electrons. The molecule has 0 unspecified atom stereocenters. The first-order valence-electron chi connectivity index (χ1n) is 13.9. The molecule has 1 spiro atoms. The van der Waals surface area contributed by atoms with Crippen LogP contribution in [0.2, 0.25) is 0 Å². The van der Waals surface area contributed by atoms with Crippen LogP contribution in [0.25, 0.3) is 10.1 Å². The molecule has 0 bridgehead atoms. The normalized spacial score (nSPS) is 20.7. The highest BCUT2D eigenvalue weighted by atomic mass is 32.1. The quantitative estimate of drug-likeness (QED) is 0.482. The van der Waals surface area contributed by atoms with Crippen LogP contribution < -0.4 is 20.7 Å². The predicted octanol–water partition coefficient (Wildman–Crippen LogP) is 2.80. The van der Waals surface area contributed by atoms with Crippen LogP contribution in [0, 0.1) is 5.41 Å². The van der Waals surface area contributed by atoms with E-state index in [-0.39, 0.29) is 23.8 Å². The Bertz CT molecular complexity index is 1270. The number of likely N-dealkylation sites (tertiary alicyclic amines) is 2. The van der Waals surface area contributed by atoms with Crippen molar-refractivity contribution in [2.75, 3.05) is 58.8 Å². The first-order chi connectivity index (χ1) is 19.4. The number of methoxy groups -OCH3 is 2. The van der Waals surface area contributed by atoms with E-state index in [1.54, 1.807) is 7.11 Å². The number of benzene rings is 1. The fraction of sp³-hybridized carbons (Fsp3) is 0.571. The second-order valence-electron chi connectivity index (χ2n) is 10.7. The van der Waals surface area contributed by atoms with Crippen molar-refractivity contribution in [1.82, 2.24) is 20.4 Å². The molecule has 1 aromatic heterocycles. The minimum atomic E-state index is -1.07. The summed E-state index contributed by atoms with van der Waals surface area (Å²) in [6, 6.07) is 5.68. The summed E-state index contributed by atoms with van der Waals surface area (Å²) in [7, 11) is 2.86. The van der Waals surface area contributed by atoms with Gasteiger partial charge in [0, 0.05) is 44.2 Å². The number of rotatable bonds is 4. The monoisotopic (exact) mass is 571 g/mol. The Hall–Kier alpha value is -3.38. The minimum Gasteiger partial charge on any atom is -0.495 e. The molecule has 0 saturated carbocycles. The van der Waals surface area contributed by atoms with Gasteiger partial charge in [-0.3, -0.25) is 24.6 Å². The lowest BCUT2D eigenvalue weighted by Gasteiger charge is -2.45. The molecule has 2 aromatic rings. The number of carbonyl (C=O) groups excluding carboxylic acids is 4. The van der Waals surface area contributed by atoms with Crippen LogP contribution in [-0.4, -0.2) is 93.1 Å². The molecule has 11 nitrogen and oxygen atoms in total. The molecular formula is C28H37N5O6S. The third kappa shape index (κ3) is 5.34. The summed E-state index contributed by atoms with van der Waals surface area (Å²) in [4.78, 5) is 56.4. The zero-order chi connectivity index (χ0) is 28.3. The Kier molecular flexibility index (Phi) is 8.46. The number of fused-ring (bicyclic) bond motifs is 1. The van der Waals surface area contributed by atoms with Crippen LogP contribution in [0.3, 0.4) is 0 Å². The summed E-state index contributed by atoms with van der Waals surface area (Å²) in [6.07, 6.45) is 3.83. The van der Waals surface area contributed by atoms with Crippen molar-refractivity contribution >= 4 is 50.2 Å². The lowest BCUT2D eigenvalue weighted by Crippen LogP contribution is -2.61. The number of ether oxygens (including phenoxy) is 2. The molecule has 3 saturated heterocycles. The van der Waals surface area contributed by atoms with E-state index >= 15 is 0 Å². The van der Waals surface area contributed by atoms with Crippen molar-refractivity contribution in [2.24, 2.45) is 5.41 Å². The molecule has 216 valence electrons. The SMILES string of the molecule is COC(=O)Nc1sc2c(OC)cccc2c1C(=O)N1CCC(N2CCCC3(C2)C(=O)NCCCCNC3=O)CC1. The molecule has 40 heavy (non-hydrogen) atoms. The van der Waals surface area contributed by atoms with Crippen molar-refractivity contribution in [3.05, 3.63) is 23.8 Å². The van der Waals surface area contributed by atoms with E-state index in [2.05, 4.69) is 20.9 Å². The molecule has 3 aliphatic heterocycles. The zero-order valence-corrected chi connectivity index (χ0v) is 23.9. The molecule has 4 amide bonds. The van der Waals surface area contributed by atoms with E-state index in [4.69, 9.17) is 9.47 Å². The Labute approximate surface area is 237 Å². The number of anilines is 1. The number of piperidine rings is 2. The second-order valence-corrected chi connectivity index (χ2v) is 11.7. The maximum Gasteiger partial charge on any atom is 0.411 e. The van der Waals surface area contributed by atoms with Crippen LogP contribution in [0.4, 0.5) is 9.80 Å². The number of hydrogen-bond donors (Lipinski definition) is 3. The van der Waals surface area contributed by atoms with Gasteiger partial charge < -0.3 is 25.0 Å². The fourth-order valence-corrected chi connectivity index (χ4v) is 7.33. The number of carbonyl (C=O) groups is 4. The molecule has 3 fully saturated rings. The van der Waals surface area contributed by atoms with Gasteiger partial charge in [0.15, 0.2) is 0 Å². The maximum absolute atomic E-state index is 13.9. The van der Waals surface area contributed by atoms with E-state index < -0.39 is 11.5 Å². The summed E-state index contributed by atoms with van der Waals surface area (Å²) in [5.74, 6) is 0.129. The highest BCUT2D eigenvalue weighted by molar-refractivity contribution is 7.23. The first-order valence-corrected chi connectivity index (χ1v) is 14.7. The topological polar surface area (TPSA) is 129 Å². The molecule has 0 atom stereocenters. The Balaban J connectivity index is 1.32. The maximum atomic E-state index is 13.9. The first kappa shape index (κ1) is 28.2. The van der Waals surface area contributed by atoms with Gasteiger partial charge in [0.2, 0.25) is 11.8 Å². The molecule has 4 heterocycles. The number of nitrogens with one attached hydrogen (secondary N) is 3. The van der Waals surface area contributed by atoms with Crippen LogP contribution in [0.1, 0.15) is 48.9 Å². The van der Waals surface area contributed by atoms with Crippen LogP contribution in [-0.2, 0) is 14.3 Å². The molecule has 5 rings (SSSR count). The van der Waals surface area contributed by atoms with Crippen LogP contribution in [0.5, 0.6) is 5.75 Å². The standard InChI is InChI=1S/C28H37N5O6S/c1-38-20-8-5-7-19-21(23(40-22(19)20)31-27(37)39-2)24(34)32-15-9-18(10-16-32)33-14-6-11-28(17-33)25(35)29-12-3-4-13-30-26(28)36/h5,7-8,18H,3-4,6,9-17H2,1-2H3,(H,29,35)(H,30,36)(H,31,37). The van der Waals surface area contributed by atoms with Crippen molar-refractivity contribution in [3.8, 4) is 5.75 Å². The van der Waals surface area contributed by atoms with Crippen LogP contribution in [0.15, 0.2) is 18.2 Å². The number of nitrogens with zero attached hydrogens (tertiary/aromatic N) is 2. The zero-order valence-electron chi connectivity index (χ0n) is 23.0. The van der Waals surface area contributed by atoms with E-state index in [1.807, 2.05) is 23.1 Å². The highest BCUT2D eigenvalue weighted by Gasteiger charge is 2.50. The molecular weight excluding hydrogens is 534 g/mol. The van der Waals surface area contributed by atoms with Gasteiger partial charge in [0.25, 0.3) is 5.91 Å². The van der Waals surface area contributed by atoms with Gasteiger partial charge in [-0.15, -0.1) is 11.3 Å². The summed E-state index contributed by atoms with van der Waals surface area (Å²) < 4.78 is 11.1. The second kappa shape index (κ2) is 12.0. The average molecular weight is 572 g/mol. The predicted molar refractivity (Wildman–Crippen MR) is 152 cm³/mol. The van der Waals surface area contributed by atoms with Crippen molar-refractivity contribution in [1.29, 1.82) is 0 Å². The Morgan fingerprint density at radius 2 is 1.73 bits per heavy atom. The van der Waals surface area contributed by atoms with Crippen molar-refractivity contribution < 1.29 is 28.7 Å². The van der Waals surface area contributed by atoms with Gasteiger partial charge in [0.05, 0.1) is 24.5 Å². The third-order valence-corrected chi connectivity index (χ3v) is 9.48. The Morgan fingerprint density at radius 1 is 1.02 bits per heavy atom. The summed E-state index contributed by atoms with van der Waals surface area (Å²) in [6.45, 7) is 3.46. The smallest absolute Gasteiger partial charge is 0.411 e. The van der Waals surface area contributed by atoms with Gasteiger partial charge >= 0.3 is 6.09 Å². The van der Waals surface area contributed by atoms with Gasteiger partial charge in [-0.25, -0.2) is 4.79 Å². The Morgan fingerprint density at radius 3 is 2.38 bits per heavy atom. The lowest BCUT2D eigenvalue weighted by atomic mass is 9.77. The van der Waals surface area contributed by atoms with Gasteiger partial charge in [-0.2, -0.15) is 0 Å². The number of amides is 4. The number of thiophene rings is 1. The fourth-order valence-electron chi connectivity index (χ4n) is 6.16. The summed E-state index contributed by atoms with van der Waals surface area (Å²) in [5.41, 5.74) is -0.642. The molecule has 1 aromatic carbocycles. The van der Waals surface area contributed by atoms with Gasteiger partial charge in [-0.05, 0) is 51.1 Å². The van der Waals surface area contributed by atoms with E-state index in [9.17, 15) is 19.2 Å². The largest absolute Gasteiger partial charge is 0.495 e. The summed E-state index contributed by atoms with van der Waals surface area (Å²) in [5, 5.41) is 9.84. The molecule has 3 N–H and O–H groups in total. The average Bonchev–Trinajstić information content (AvgIpc) is 3.37. The van der Waals surface area contributed by atoms with Crippen molar-refractivity contribution in [3.63, 3.8) is 0 Å². The van der Waals surface area contributed by atoms with E-state index in [0.717, 1.165) is 48.7 Å². The molecule has 3 aliphatic rings. The molecule has 0 aliphatic carbocycles. The van der Waals surface area contributed by atoms with E-state index in [1.165, 1.54) is 18.4 Å². The van der Waals surface area contributed by atoms with Gasteiger partial charge in [0.1, 0.15) is 16.2 Å². The van der Waals surface area contributed by atoms with Crippen LogP contribution >= 0.6 is 11.3 Å². The molecule has 12 heteroatoms.